The van der Waals surface area contributed by atoms with E-state index >= 15 is 0 Å². The number of anilines is 1. The minimum absolute atomic E-state index is 0.124. The average molecular weight is 361 g/mol. The molecule has 27 heavy (non-hydrogen) atoms. The smallest absolute Gasteiger partial charge is 0.261 e. The maximum atomic E-state index is 12.4. The summed E-state index contributed by atoms with van der Waals surface area (Å²) in [6.07, 6.45) is 1.38. The summed E-state index contributed by atoms with van der Waals surface area (Å²) in [6, 6.07) is 14.0. The first-order valence-electron chi connectivity index (χ1n) is 8.25. The highest BCUT2D eigenvalue weighted by Crippen LogP contribution is 2.19. The largest absolute Gasteiger partial charge is 0.334 e. The number of benzene rings is 2. The zero-order valence-electron chi connectivity index (χ0n) is 14.4. The number of nitrogens with one attached hydrogen (secondary N) is 1. The molecule has 0 fully saturated rings. The van der Waals surface area contributed by atoms with Crippen LogP contribution in [-0.4, -0.2) is 25.6 Å². The molecule has 0 spiro atoms. The Kier molecular flexibility index (Phi) is 4.21. The van der Waals surface area contributed by atoms with E-state index in [4.69, 9.17) is 4.52 Å². The summed E-state index contributed by atoms with van der Waals surface area (Å²) in [5.41, 5.74) is 1.70. The van der Waals surface area contributed by atoms with Crippen molar-refractivity contribution in [3.8, 4) is 11.5 Å². The molecule has 4 rings (SSSR count). The summed E-state index contributed by atoms with van der Waals surface area (Å²) in [7, 11) is 0. The van der Waals surface area contributed by atoms with E-state index in [9.17, 15) is 9.59 Å². The van der Waals surface area contributed by atoms with Crippen LogP contribution in [0.1, 0.15) is 5.82 Å². The van der Waals surface area contributed by atoms with Crippen molar-refractivity contribution >= 4 is 22.5 Å². The van der Waals surface area contributed by atoms with Crippen LogP contribution in [0.2, 0.25) is 0 Å². The first-order chi connectivity index (χ1) is 13.1. The van der Waals surface area contributed by atoms with Crippen molar-refractivity contribution < 1.29 is 9.32 Å². The SMILES string of the molecule is Cc1noc(-c2ccc(NC(=O)Cn3cnc4ccccc4c3=O)cc2)n1. The number of carbonyl (C=O) groups excluding carboxylic acids is 1. The lowest BCUT2D eigenvalue weighted by molar-refractivity contribution is -0.116. The molecule has 2 aromatic heterocycles. The van der Waals surface area contributed by atoms with Crippen molar-refractivity contribution in [3.05, 3.63) is 71.0 Å². The number of para-hydroxylation sites is 1. The highest BCUT2D eigenvalue weighted by Gasteiger charge is 2.10. The highest BCUT2D eigenvalue weighted by molar-refractivity contribution is 5.91. The fourth-order valence-electron chi connectivity index (χ4n) is 2.68. The molecule has 1 N–H and O–H groups in total. The Morgan fingerprint density at radius 3 is 2.67 bits per heavy atom. The van der Waals surface area contributed by atoms with Gasteiger partial charge in [-0.2, -0.15) is 4.98 Å². The van der Waals surface area contributed by atoms with Crippen molar-refractivity contribution in [1.82, 2.24) is 19.7 Å². The molecule has 4 aromatic rings. The van der Waals surface area contributed by atoms with Crippen LogP contribution in [0.4, 0.5) is 5.69 Å². The summed E-state index contributed by atoms with van der Waals surface area (Å²) in [5, 5.41) is 6.98. The zero-order chi connectivity index (χ0) is 18.8. The van der Waals surface area contributed by atoms with E-state index in [1.54, 1.807) is 49.4 Å². The molecule has 2 aromatic carbocycles. The summed E-state index contributed by atoms with van der Waals surface area (Å²) in [6.45, 7) is 1.62. The fourth-order valence-corrected chi connectivity index (χ4v) is 2.68. The lowest BCUT2D eigenvalue weighted by Gasteiger charge is -2.08. The molecule has 1 amide bonds. The van der Waals surface area contributed by atoms with E-state index in [0.717, 1.165) is 5.56 Å². The van der Waals surface area contributed by atoms with Crippen molar-refractivity contribution in [2.45, 2.75) is 13.5 Å². The van der Waals surface area contributed by atoms with Crippen LogP contribution in [0.3, 0.4) is 0 Å². The molecule has 8 nitrogen and oxygen atoms in total. The van der Waals surface area contributed by atoms with E-state index in [-0.39, 0.29) is 18.0 Å². The standard InChI is InChI=1S/C19H15N5O3/c1-12-21-18(27-23-12)13-6-8-14(9-7-13)22-17(25)10-24-11-20-16-5-3-2-4-15(16)19(24)26/h2-9,11H,10H2,1H3,(H,22,25). The first kappa shape index (κ1) is 16.6. The molecule has 0 saturated heterocycles. The fraction of sp³-hybridized carbons (Fsp3) is 0.105. The van der Waals surface area contributed by atoms with Gasteiger partial charge in [-0.1, -0.05) is 17.3 Å². The summed E-state index contributed by atoms with van der Waals surface area (Å²) in [4.78, 5) is 33.1. The van der Waals surface area contributed by atoms with Crippen LogP contribution in [-0.2, 0) is 11.3 Å². The topological polar surface area (TPSA) is 103 Å². The average Bonchev–Trinajstić information content (AvgIpc) is 3.11. The third-order valence-corrected chi connectivity index (χ3v) is 3.99. The third kappa shape index (κ3) is 3.45. The van der Waals surface area contributed by atoms with Crippen LogP contribution >= 0.6 is 0 Å². The number of hydrogen-bond donors (Lipinski definition) is 1. The lowest BCUT2D eigenvalue weighted by atomic mass is 10.2. The molecule has 0 atom stereocenters. The van der Waals surface area contributed by atoms with Crippen LogP contribution in [0.5, 0.6) is 0 Å². The van der Waals surface area contributed by atoms with E-state index in [1.165, 1.54) is 10.9 Å². The Morgan fingerprint density at radius 1 is 1.15 bits per heavy atom. The maximum Gasteiger partial charge on any atom is 0.261 e. The number of aryl methyl sites for hydroxylation is 1. The van der Waals surface area contributed by atoms with Crippen LogP contribution < -0.4 is 10.9 Å². The monoisotopic (exact) mass is 361 g/mol. The third-order valence-electron chi connectivity index (χ3n) is 3.99. The Morgan fingerprint density at radius 2 is 1.93 bits per heavy atom. The van der Waals surface area contributed by atoms with Gasteiger partial charge in [0.2, 0.25) is 5.91 Å². The lowest BCUT2D eigenvalue weighted by Crippen LogP contribution is -2.27. The minimum atomic E-state index is -0.324. The molecule has 0 aliphatic carbocycles. The molecule has 0 bridgehead atoms. The van der Waals surface area contributed by atoms with Gasteiger partial charge in [0.15, 0.2) is 5.82 Å². The Hall–Kier alpha value is -3.81. The van der Waals surface area contributed by atoms with Crippen molar-refractivity contribution in [2.75, 3.05) is 5.32 Å². The maximum absolute atomic E-state index is 12.4. The second-order valence-corrected chi connectivity index (χ2v) is 5.97. The number of amides is 1. The van der Waals surface area contributed by atoms with Crippen LogP contribution in [0.15, 0.2) is 64.2 Å². The molecule has 8 heteroatoms. The predicted octanol–water partition coefficient (Wildman–Crippen LogP) is 2.39. The van der Waals surface area contributed by atoms with Gasteiger partial charge in [-0.05, 0) is 43.3 Å². The minimum Gasteiger partial charge on any atom is -0.334 e. The van der Waals surface area contributed by atoms with Crippen LogP contribution in [0, 0.1) is 6.92 Å². The van der Waals surface area contributed by atoms with Gasteiger partial charge in [0.1, 0.15) is 6.54 Å². The Balaban J connectivity index is 1.48. The van der Waals surface area contributed by atoms with Gasteiger partial charge in [-0.15, -0.1) is 0 Å². The summed E-state index contributed by atoms with van der Waals surface area (Å²) < 4.78 is 6.39. The van der Waals surface area contributed by atoms with E-state index < -0.39 is 0 Å². The van der Waals surface area contributed by atoms with Crippen molar-refractivity contribution in [2.24, 2.45) is 0 Å². The number of rotatable bonds is 4. The van der Waals surface area contributed by atoms with Crippen molar-refractivity contribution in [1.29, 1.82) is 0 Å². The van der Waals surface area contributed by atoms with Gasteiger partial charge in [0, 0.05) is 11.3 Å². The van der Waals surface area contributed by atoms with E-state index in [1.807, 2.05) is 6.07 Å². The molecule has 0 radical (unpaired) electrons. The van der Waals surface area contributed by atoms with Gasteiger partial charge >= 0.3 is 0 Å². The van der Waals surface area contributed by atoms with Gasteiger partial charge in [0.05, 0.1) is 17.2 Å². The van der Waals surface area contributed by atoms with Crippen molar-refractivity contribution in [3.63, 3.8) is 0 Å². The number of carbonyl (C=O) groups is 1. The van der Waals surface area contributed by atoms with Gasteiger partial charge < -0.3 is 9.84 Å². The van der Waals surface area contributed by atoms with E-state index in [2.05, 4.69) is 20.4 Å². The number of nitrogens with zero attached hydrogens (tertiary/aromatic N) is 4. The molecule has 134 valence electrons. The van der Waals surface area contributed by atoms with Gasteiger partial charge in [-0.3, -0.25) is 14.2 Å². The molecular weight excluding hydrogens is 346 g/mol. The quantitative estimate of drug-likeness (QED) is 0.599. The molecule has 0 aliphatic heterocycles. The van der Waals surface area contributed by atoms with Gasteiger partial charge in [-0.25, -0.2) is 4.98 Å². The second kappa shape index (κ2) is 6.83. The number of fused-ring (bicyclic) bond motifs is 1. The molecule has 0 saturated carbocycles. The second-order valence-electron chi connectivity index (χ2n) is 5.97. The Labute approximate surface area is 153 Å². The summed E-state index contributed by atoms with van der Waals surface area (Å²) in [5.74, 6) is 0.645. The summed E-state index contributed by atoms with van der Waals surface area (Å²) >= 11 is 0. The molecule has 2 heterocycles. The number of hydrogen-bond acceptors (Lipinski definition) is 6. The number of aromatic nitrogens is 4. The van der Waals surface area contributed by atoms with Crippen LogP contribution in [0.25, 0.3) is 22.4 Å². The normalized spacial score (nSPS) is 10.9. The molecular formula is C19H15N5O3. The first-order valence-corrected chi connectivity index (χ1v) is 8.25. The van der Waals surface area contributed by atoms with Gasteiger partial charge in [0.25, 0.3) is 11.4 Å². The molecule has 0 unspecified atom stereocenters. The predicted molar refractivity (Wildman–Crippen MR) is 99.1 cm³/mol. The molecule has 0 aliphatic rings. The highest BCUT2D eigenvalue weighted by atomic mass is 16.5. The van der Waals surface area contributed by atoms with E-state index in [0.29, 0.717) is 28.3 Å². The zero-order valence-corrected chi connectivity index (χ0v) is 14.4. The Bertz CT molecular complexity index is 1180.